The summed E-state index contributed by atoms with van der Waals surface area (Å²) in [5, 5.41) is 3.50. The van der Waals surface area contributed by atoms with E-state index in [0.29, 0.717) is 17.0 Å². The Morgan fingerprint density at radius 2 is 1.93 bits per heavy atom. The van der Waals surface area contributed by atoms with Gasteiger partial charge in [0.25, 0.3) is 5.56 Å². The molecule has 2 unspecified atom stereocenters. The third-order valence-corrected chi connectivity index (χ3v) is 7.43. The Labute approximate surface area is 179 Å². The molecule has 0 aliphatic heterocycles. The summed E-state index contributed by atoms with van der Waals surface area (Å²) in [5.41, 5.74) is 3.26. The van der Waals surface area contributed by atoms with Crippen molar-refractivity contribution in [3.05, 3.63) is 62.0 Å². The summed E-state index contributed by atoms with van der Waals surface area (Å²) in [7, 11) is 0. The molecule has 0 fully saturated rings. The highest BCUT2D eigenvalue weighted by Gasteiger charge is 2.18. The first-order valence-corrected chi connectivity index (χ1v) is 11.7. The van der Waals surface area contributed by atoms with Crippen LogP contribution in [0.5, 0.6) is 0 Å². The number of amides is 1. The van der Waals surface area contributed by atoms with Crippen LogP contribution in [0.4, 0.5) is 0 Å². The highest BCUT2D eigenvalue weighted by Crippen LogP contribution is 2.26. The quantitative estimate of drug-likeness (QED) is 0.573. The van der Waals surface area contributed by atoms with E-state index in [9.17, 15) is 9.59 Å². The Morgan fingerprint density at radius 3 is 2.59 bits per heavy atom. The van der Waals surface area contributed by atoms with Crippen molar-refractivity contribution >= 4 is 39.2 Å². The lowest BCUT2D eigenvalue weighted by molar-refractivity contribution is -0.120. The minimum atomic E-state index is -0.250. The molecule has 2 aromatic heterocycles. The minimum Gasteiger partial charge on any atom is -0.349 e. The van der Waals surface area contributed by atoms with E-state index in [-0.39, 0.29) is 22.8 Å². The lowest BCUT2D eigenvalue weighted by Gasteiger charge is -2.18. The molecular formula is C22H27N3O2S2. The number of H-pyrrole nitrogens is 1. The van der Waals surface area contributed by atoms with Gasteiger partial charge < -0.3 is 10.3 Å². The number of rotatable bonds is 7. The van der Waals surface area contributed by atoms with Gasteiger partial charge in [0.15, 0.2) is 0 Å². The van der Waals surface area contributed by atoms with Gasteiger partial charge in [0.05, 0.1) is 22.4 Å². The molecule has 3 rings (SSSR count). The Balaban J connectivity index is 1.61. The zero-order valence-corrected chi connectivity index (χ0v) is 19.1. The smallest absolute Gasteiger partial charge is 0.259 e. The normalized spacial score (nSPS) is 13.4. The number of nitrogens with zero attached hydrogens (tertiary/aromatic N) is 1. The van der Waals surface area contributed by atoms with Crippen LogP contribution in [-0.2, 0) is 17.0 Å². The van der Waals surface area contributed by atoms with Crippen LogP contribution in [0.25, 0.3) is 10.2 Å². The van der Waals surface area contributed by atoms with E-state index in [0.717, 1.165) is 27.3 Å². The monoisotopic (exact) mass is 429 g/mol. The molecule has 2 atom stereocenters. The standard InChI is InChI=1S/C22H27N3O2S2/c1-6-16-7-9-17(10-8-16)13(3)23-20(26)15(5)28-11-18-24-21(27)19-12(2)14(4)29-22(19)25-18/h7-10,13,15H,6,11H2,1-5H3,(H,23,26)(H,24,25,27). The molecule has 0 saturated carbocycles. The second-order valence-electron chi connectivity index (χ2n) is 7.25. The largest absolute Gasteiger partial charge is 0.349 e. The van der Waals surface area contributed by atoms with Gasteiger partial charge in [-0.1, -0.05) is 31.2 Å². The molecular weight excluding hydrogens is 402 g/mol. The van der Waals surface area contributed by atoms with Crippen LogP contribution in [0, 0.1) is 13.8 Å². The molecule has 0 radical (unpaired) electrons. The first kappa shape index (κ1) is 21.6. The number of carbonyl (C=O) groups is 1. The Kier molecular flexibility index (Phi) is 6.80. The van der Waals surface area contributed by atoms with Gasteiger partial charge in [0.1, 0.15) is 10.7 Å². The molecule has 0 spiro atoms. The number of hydrogen-bond acceptors (Lipinski definition) is 5. The average Bonchev–Trinajstić information content (AvgIpc) is 3.00. The number of hydrogen-bond donors (Lipinski definition) is 2. The van der Waals surface area contributed by atoms with Crippen molar-refractivity contribution in [2.75, 3.05) is 0 Å². The van der Waals surface area contributed by atoms with Crippen LogP contribution in [0.2, 0.25) is 0 Å². The number of aromatic nitrogens is 2. The number of fused-ring (bicyclic) bond motifs is 1. The van der Waals surface area contributed by atoms with Crippen LogP contribution in [-0.4, -0.2) is 21.1 Å². The van der Waals surface area contributed by atoms with Gasteiger partial charge in [0.2, 0.25) is 5.91 Å². The van der Waals surface area contributed by atoms with Crippen LogP contribution in [0.15, 0.2) is 29.1 Å². The number of benzene rings is 1. The van der Waals surface area contributed by atoms with Crippen LogP contribution < -0.4 is 10.9 Å². The van der Waals surface area contributed by atoms with Crippen LogP contribution in [0.1, 0.15) is 54.2 Å². The Bertz CT molecular complexity index is 1070. The summed E-state index contributed by atoms with van der Waals surface area (Å²) in [6.45, 7) is 9.94. The Hall–Kier alpha value is -2.12. The first-order chi connectivity index (χ1) is 13.8. The van der Waals surface area contributed by atoms with Gasteiger partial charge in [-0.2, -0.15) is 0 Å². The van der Waals surface area contributed by atoms with Crippen molar-refractivity contribution in [1.82, 2.24) is 15.3 Å². The molecule has 29 heavy (non-hydrogen) atoms. The number of aryl methyl sites for hydroxylation is 3. The first-order valence-electron chi connectivity index (χ1n) is 9.79. The maximum Gasteiger partial charge on any atom is 0.259 e. The van der Waals surface area contributed by atoms with Gasteiger partial charge in [-0.15, -0.1) is 23.1 Å². The SMILES string of the molecule is CCc1ccc(C(C)NC(=O)C(C)SCc2nc3sc(C)c(C)c3c(=O)[nH]2)cc1. The second-order valence-corrected chi connectivity index (χ2v) is 9.79. The van der Waals surface area contributed by atoms with Crippen molar-refractivity contribution < 1.29 is 4.79 Å². The Morgan fingerprint density at radius 1 is 1.24 bits per heavy atom. The van der Waals surface area contributed by atoms with Gasteiger partial charge in [0, 0.05) is 4.88 Å². The van der Waals surface area contributed by atoms with E-state index in [4.69, 9.17) is 0 Å². The molecule has 0 aliphatic carbocycles. The minimum absolute atomic E-state index is 0.0201. The molecule has 0 aliphatic rings. The van der Waals surface area contributed by atoms with Crippen molar-refractivity contribution in [2.45, 2.75) is 58.1 Å². The molecule has 1 aromatic carbocycles. The third kappa shape index (κ3) is 4.90. The third-order valence-electron chi connectivity index (χ3n) is 5.17. The molecule has 1 amide bonds. The zero-order valence-electron chi connectivity index (χ0n) is 17.5. The zero-order chi connectivity index (χ0) is 21.1. The molecule has 154 valence electrons. The fourth-order valence-corrected chi connectivity index (χ4v) is 4.92. The van der Waals surface area contributed by atoms with Crippen molar-refractivity contribution in [3.63, 3.8) is 0 Å². The van der Waals surface area contributed by atoms with Crippen molar-refractivity contribution in [2.24, 2.45) is 0 Å². The lowest BCUT2D eigenvalue weighted by Crippen LogP contribution is -2.33. The number of carbonyl (C=O) groups excluding carboxylic acids is 1. The molecule has 2 N–H and O–H groups in total. The van der Waals surface area contributed by atoms with Crippen molar-refractivity contribution in [1.29, 1.82) is 0 Å². The number of thioether (sulfide) groups is 1. The fourth-order valence-electron chi connectivity index (χ4n) is 3.10. The molecule has 7 heteroatoms. The van der Waals surface area contributed by atoms with E-state index in [1.54, 1.807) is 0 Å². The summed E-state index contributed by atoms with van der Waals surface area (Å²) in [5.74, 6) is 1.07. The molecule has 5 nitrogen and oxygen atoms in total. The highest BCUT2D eigenvalue weighted by molar-refractivity contribution is 7.99. The topological polar surface area (TPSA) is 74.8 Å². The number of nitrogens with one attached hydrogen (secondary N) is 2. The van der Waals surface area contributed by atoms with E-state index >= 15 is 0 Å². The van der Waals surface area contributed by atoms with E-state index in [1.807, 2.05) is 27.7 Å². The lowest BCUT2D eigenvalue weighted by atomic mass is 10.0. The average molecular weight is 430 g/mol. The van der Waals surface area contributed by atoms with E-state index < -0.39 is 0 Å². The number of aromatic amines is 1. The predicted octanol–water partition coefficient (Wildman–Crippen LogP) is 4.66. The maximum atomic E-state index is 12.6. The number of thiophene rings is 1. The van der Waals surface area contributed by atoms with Crippen LogP contribution in [0.3, 0.4) is 0 Å². The van der Waals surface area contributed by atoms with Gasteiger partial charge in [-0.25, -0.2) is 4.98 Å². The summed E-state index contributed by atoms with van der Waals surface area (Å²) in [6, 6.07) is 8.28. The highest BCUT2D eigenvalue weighted by atomic mass is 32.2. The van der Waals surface area contributed by atoms with Gasteiger partial charge >= 0.3 is 0 Å². The molecule has 0 bridgehead atoms. The second kappa shape index (κ2) is 9.13. The van der Waals surface area contributed by atoms with Gasteiger partial charge in [-0.3, -0.25) is 9.59 Å². The van der Waals surface area contributed by atoms with Crippen molar-refractivity contribution in [3.8, 4) is 0 Å². The molecule has 3 aromatic rings. The fraction of sp³-hybridized carbons (Fsp3) is 0.409. The summed E-state index contributed by atoms with van der Waals surface area (Å²) < 4.78 is 0. The van der Waals surface area contributed by atoms with E-state index in [1.165, 1.54) is 28.7 Å². The summed E-state index contributed by atoms with van der Waals surface area (Å²) in [4.78, 5) is 34.3. The summed E-state index contributed by atoms with van der Waals surface area (Å²) in [6.07, 6.45) is 1.00. The molecule has 2 heterocycles. The maximum absolute atomic E-state index is 12.6. The van der Waals surface area contributed by atoms with Gasteiger partial charge in [-0.05, 0) is 50.8 Å². The predicted molar refractivity (Wildman–Crippen MR) is 123 cm³/mol. The van der Waals surface area contributed by atoms with Crippen LogP contribution >= 0.6 is 23.1 Å². The molecule has 0 saturated heterocycles. The van der Waals surface area contributed by atoms with E-state index in [2.05, 4.69) is 46.5 Å². The summed E-state index contributed by atoms with van der Waals surface area (Å²) >= 11 is 3.01.